The number of amides is 3. The third-order valence-electron chi connectivity index (χ3n) is 5.29. The van der Waals surface area contributed by atoms with Gasteiger partial charge in [-0.05, 0) is 61.0 Å². The summed E-state index contributed by atoms with van der Waals surface area (Å²) in [6, 6.07) is 22.1. The molecule has 2 unspecified atom stereocenters. The van der Waals surface area contributed by atoms with E-state index in [0.29, 0.717) is 17.8 Å². The lowest BCUT2D eigenvalue weighted by atomic mass is 10.1. The Kier molecular flexibility index (Phi) is 9.93. The Morgan fingerprint density at radius 1 is 0.865 bits per heavy atom. The van der Waals surface area contributed by atoms with Crippen molar-refractivity contribution in [2.24, 2.45) is 0 Å². The monoisotopic (exact) mass is 500 g/mol. The molecule has 0 bridgehead atoms. The zero-order valence-corrected chi connectivity index (χ0v) is 20.2. The number of carbonyl (C=O) groups is 3. The van der Waals surface area contributed by atoms with E-state index in [9.17, 15) is 19.5 Å². The maximum absolute atomic E-state index is 12.3. The highest BCUT2D eigenvalue weighted by Crippen LogP contribution is 2.10. The van der Waals surface area contributed by atoms with Crippen molar-refractivity contribution in [1.29, 1.82) is 0 Å². The van der Waals surface area contributed by atoms with Crippen molar-refractivity contribution < 1.29 is 24.7 Å². The van der Waals surface area contributed by atoms with Crippen molar-refractivity contribution in [3.05, 3.63) is 101 Å². The summed E-state index contributed by atoms with van der Waals surface area (Å²) in [5, 5.41) is 26.7. The first-order chi connectivity index (χ1) is 17.9. The minimum atomic E-state index is -1.30. The van der Waals surface area contributed by atoms with Crippen LogP contribution in [0.3, 0.4) is 0 Å². The van der Waals surface area contributed by atoms with E-state index in [1.165, 1.54) is 12.4 Å². The van der Waals surface area contributed by atoms with Gasteiger partial charge in [-0.2, -0.15) is 0 Å². The van der Waals surface area contributed by atoms with E-state index in [1.807, 2.05) is 30.3 Å². The molecule has 3 aromatic rings. The Balaban J connectivity index is 1.51. The highest BCUT2D eigenvalue weighted by Gasteiger charge is 2.25. The number of hydroxylamine groups is 1. The molecule has 37 heavy (non-hydrogen) atoms. The van der Waals surface area contributed by atoms with E-state index in [1.54, 1.807) is 48.5 Å². The van der Waals surface area contributed by atoms with Gasteiger partial charge in [-0.1, -0.05) is 42.2 Å². The fourth-order valence-corrected chi connectivity index (χ4v) is 3.31. The zero-order chi connectivity index (χ0) is 26.6. The van der Waals surface area contributed by atoms with Crippen LogP contribution in [0.2, 0.25) is 0 Å². The summed E-state index contributed by atoms with van der Waals surface area (Å²) in [6.07, 6.45) is -1.20. The molecule has 3 amide bonds. The SMILES string of the molecule is CC(O)C(NC(=O)c1ccc(C#Cc2ccc(NC(=O)CNCc3ccccc3)cc2)cc1)C(=O)NO. The first-order valence-electron chi connectivity index (χ1n) is 11.5. The van der Waals surface area contributed by atoms with Crippen LogP contribution in [0.5, 0.6) is 0 Å². The quantitative estimate of drug-likeness (QED) is 0.150. The minimum Gasteiger partial charge on any atom is -0.391 e. The Bertz CT molecular complexity index is 1260. The molecular weight excluding hydrogens is 472 g/mol. The average molecular weight is 501 g/mol. The average Bonchev–Trinajstić information content (AvgIpc) is 2.91. The van der Waals surface area contributed by atoms with E-state index in [4.69, 9.17) is 5.21 Å². The molecule has 0 aromatic heterocycles. The Hall–Kier alpha value is -4.49. The molecule has 0 saturated carbocycles. The molecule has 0 fully saturated rings. The van der Waals surface area contributed by atoms with Crippen LogP contribution < -0.4 is 21.4 Å². The number of aliphatic hydroxyl groups excluding tert-OH is 1. The number of aliphatic hydroxyl groups is 1. The fraction of sp³-hybridized carbons (Fsp3) is 0.179. The predicted molar refractivity (Wildman–Crippen MR) is 139 cm³/mol. The summed E-state index contributed by atoms with van der Waals surface area (Å²) in [5.74, 6) is 4.38. The second-order valence-electron chi connectivity index (χ2n) is 8.21. The van der Waals surface area contributed by atoms with Crippen LogP contribution in [0.15, 0.2) is 78.9 Å². The van der Waals surface area contributed by atoms with Gasteiger partial charge in [0.25, 0.3) is 11.8 Å². The van der Waals surface area contributed by atoms with E-state index >= 15 is 0 Å². The second kappa shape index (κ2) is 13.6. The Morgan fingerprint density at radius 2 is 1.46 bits per heavy atom. The molecule has 190 valence electrons. The van der Waals surface area contributed by atoms with E-state index in [2.05, 4.69) is 27.8 Å². The summed E-state index contributed by atoms with van der Waals surface area (Å²) in [4.78, 5) is 36.1. The highest BCUT2D eigenvalue weighted by molar-refractivity contribution is 5.97. The molecule has 0 saturated heterocycles. The molecule has 2 atom stereocenters. The molecule has 6 N–H and O–H groups in total. The molecule has 0 radical (unpaired) electrons. The van der Waals surface area contributed by atoms with Gasteiger partial charge in [-0.15, -0.1) is 0 Å². The second-order valence-corrected chi connectivity index (χ2v) is 8.21. The molecule has 0 aliphatic rings. The molecule has 0 aliphatic heterocycles. The van der Waals surface area contributed by atoms with Crippen molar-refractivity contribution in [2.45, 2.75) is 25.6 Å². The summed E-state index contributed by atoms with van der Waals surface area (Å²) in [7, 11) is 0. The maximum atomic E-state index is 12.3. The summed E-state index contributed by atoms with van der Waals surface area (Å²) >= 11 is 0. The summed E-state index contributed by atoms with van der Waals surface area (Å²) in [6.45, 7) is 2.13. The number of nitrogens with one attached hydrogen (secondary N) is 4. The maximum Gasteiger partial charge on any atom is 0.268 e. The van der Waals surface area contributed by atoms with Crippen LogP contribution in [-0.4, -0.2) is 46.7 Å². The predicted octanol–water partition coefficient (Wildman–Crippen LogP) is 1.80. The number of anilines is 1. The van der Waals surface area contributed by atoms with Crippen LogP contribution in [0.25, 0.3) is 0 Å². The molecule has 0 spiro atoms. The normalized spacial score (nSPS) is 11.9. The van der Waals surface area contributed by atoms with Gasteiger partial charge in [0.05, 0.1) is 12.6 Å². The standard InChI is InChI=1S/C28H28N4O5/c1-19(33)26(28(36)32-37)31-27(35)23-13-9-20(10-14-23)7-8-21-11-15-24(16-12-21)30-25(34)18-29-17-22-5-3-2-4-6-22/h2-6,9-16,19,26,29,33,37H,17-18H2,1H3,(H,30,34)(H,31,35)(H,32,36). The number of hydrogen-bond donors (Lipinski definition) is 6. The van der Waals surface area contributed by atoms with E-state index in [0.717, 1.165) is 11.1 Å². The first kappa shape index (κ1) is 27.1. The largest absolute Gasteiger partial charge is 0.391 e. The van der Waals surface area contributed by atoms with Gasteiger partial charge in [0.1, 0.15) is 6.04 Å². The topological polar surface area (TPSA) is 140 Å². The van der Waals surface area contributed by atoms with Crippen LogP contribution >= 0.6 is 0 Å². The van der Waals surface area contributed by atoms with Gasteiger partial charge >= 0.3 is 0 Å². The molecule has 0 heterocycles. The van der Waals surface area contributed by atoms with E-state index in [-0.39, 0.29) is 18.0 Å². The van der Waals surface area contributed by atoms with Crippen LogP contribution in [-0.2, 0) is 16.1 Å². The lowest BCUT2D eigenvalue weighted by Crippen LogP contribution is -2.51. The summed E-state index contributed by atoms with van der Waals surface area (Å²) in [5.41, 5.74) is 4.86. The zero-order valence-electron chi connectivity index (χ0n) is 20.2. The van der Waals surface area contributed by atoms with Crippen LogP contribution in [0.4, 0.5) is 5.69 Å². The minimum absolute atomic E-state index is 0.143. The molecular formula is C28H28N4O5. The molecule has 0 aliphatic carbocycles. The number of benzene rings is 3. The van der Waals surface area contributed by atoms with Gasteiger partial charge in [0, 0.05) is 28.9 Å². The summed E-state index contributed by atoms with van der Waals surface area (Å²) < 4.78 is 0. The number of hydrogen-bond acceptors (Lipinski definition) is 6. The highest BCUT2D eigenvalue weighted by atomic mass is 16.5. The fourth-order valence-electron chi connectivity index (χ4n) is 3.31. The van der Waals surface area contributed by atoms with Crippen molar-refractivity contribution >= 4 is 23.4 Å². The Labute approximate surface area is 214 Å². The molecule has 3 aromatic carbocycles. The first-order valence-corrected chi connectivity index (χ1v) is 11.5. The third kappa shape index (κ3) is 8.59. The van der Waals surface area contributed by atoms with Gasteiger partial charge in [0.2, 0.25) is 5.91 Å². The Morgan fingerprint density at radius 3 is 2.03 bits per heavy atom. The molecule has 9 heteroatoms. The lowest BCUT2D eigenvalue weighted by Gasteiger charge is -2.19. The van der Waals surface area contributed by atoms with Crippen LogP contribution in [0, 0.1) is 11.8 Å². The molecule has 3 rings (SSSR count). The lowest BCUT2D eigenvalue weighted by molar-refractivity contribution is -0.133. The van der Waals surface area contributed by atoms with Crippen molar-refractivity contribution in [3.8, 4) is 11.8 Å². The number of carbonyl (C=O) groups excluding carboxylic acids is 3. The van der Waals surface area contributed by atoms with Crippen LogP contribution in [0.1, 0.15) is 34.0 Å². The van der Waals surface area contributed by atoms with Gasteiger partial charge in [-0.3, -0.25) is 19.6 Å². The number of rotatable bonds is 9. The third-order valence-corrected chi connectivity index (χ3v) is 5.29. The van der Waals surface area contributed by atoms with Gasteiger partial charge < -0.3 is 21.1 Å². The van der Waals surface area contributed by atoms with E-state index < -0.39 is 24.0 Å². The van der Waals surface area contributed by atoms with Gasteiger partial charge in [-0.25, -0.2) is 5.48 Å². The van der Waals surface area contributed by atoms with Gasteiger partial charge in [0.15, 0.2) is 0 Å². The van der Waals surface area contributed by atoms with Crippen molar-refractivity contribution in [3.63, 3.8) is 0 Å². The van der Waals surface area contributed by atoms with Crippen molar-refractivity contribution in [2.75, 3.05) is 11.9 Å². The molecule has 9 nitrogen and oxygen atoms in total. The smallest absolute Gasteiger partial charge is 0.268 e. The van der Waals surface area contributed by atoms with Crippen molar-refractivity contribution in [1.82, 2.24) is 16.1 Å².